The fourth-order valence-corrected chi connectivity index (χ4v) is 4.03. The van der Waals surface area contributed by atoms with Crippen molar-refractivity contribution in [3.05, 3.63) is 52.7 Å². The molecule has 0 unspecified atom stereocenters. The molecule has 0 fully saturated rings. The van der Waals surface area contributed by atoms with Crippen molar-refractivity contribution in [2.24, 2.45) is 5.92 Å². The van der Waals surface area contributed by atoms with Crippen molar-refractivity contribution in [3.63, 3.8) is 0 Å². The Hall–Kier alpha value is -3.06. The van der Waals surface area contributed by atoms with Crippen LogP contribution in [-0.2, 0) is 17.8 Å². The van der Waals surface area contributed by atoms with Crippen LogP contribution in [-0.4, -0.2) is 39.7 Å². The first-order valence-corrected chi connectivity index (χ1v) is 10.2. The zero-order valence-electron chi connectivity index (χ0n) is 17.4. The van der Waals surface area contributed by atoms with Gasteiger partial charge in [-0.3, -0.25) is 9.36 Å². The van der Waals surface area contributed by atoms with Crippen molar-refractivity contribution in [2.45, 2.75) is 26.9 Å². The van der Waals surface area contributed by atoms with Crippen LogP contribution in [0.15, 0.2) is 36.5 Å². The number of ether oxygens (including phenoxy) is 1. The molecule has 0 saturated heterocycles. The van der Waals surface area contributed by atoms with E-state index in [0.29, 0.717) is 28.9 Å². The van der Waals surface area contributed by atoms with E-state index in [0.717, 1.165) is 33.9 Å². The van der Waals surface area contributed by atoms with E-state index in [1.807, 2.05) is 40.8 Å². The summed E-state index contributed by atoms with van der Waals surface area (Å²) in [6.45, 7) is 5.68. The van der Waals surface area contributed by atoms with Crippen LogP contribution < -0.4 is 5.32 Å². The van der Waals surface area contributed by atoms with E-state index in [2.05, 4.69) is 24.3 Å². The molecule has 8 heteroatoms. The predicted molar refractivity (Wildman–Crippen MR) is 119 cm³/mol. The van der Waals surface area contributed by atoms with Crippen LogP contribution in [0.25, 0.3) is 21.8 Å². The summed E-state index contributed by atoms with van der Waals surface area (Å²) in [6, 6.07) is 9.35. The zero-order chi connectivity index (χ0) is 21.4. The molecule has 0 aliphatic heterocycles. The van der Waals surface area contributed by atoms with Crippen molar-refractivity contribution in [1.82, 2.24) is 19.6 Å². The van der Waals surface area contributed by atoms with E-state index in [1.54, 1.807) is 12.1 Å². The summed E-state index contributed by atoms with van der Waals surface area (Å²) in [6.07, 6.45) is 1.86. The van der Waals surface area contributed by atoms with Crippen LogP contribution in [0.2, 0.25) is 5.02 Å². The molecule has 7 nitrogen and oxygen atoms in total. The summed E-state index contributed by atoms with van der Waals surface area (Å²) >= 11 is 6.40. The molecule has 2 aromatic carbocycles. The summed E-state index contributed by atoms with van der Waals surface area (Å²) in [5.41, 5.74) is 3.50. The number of hydrogen-bond acceptors (Lipinski definition) is 5. The molecular weight excluding hydrogens is 402 g/mol. The molecule has 4 aromatic rings. The van der Waals surface area contributed by atoms with Crippen molar-refractivity contribution >= 4 is 45.2 Å². The van der Waals surface area contributed by atoms with Gasteiger partial charge in [-0.25, -0.2) is 4.79 Å². The molecule has 0 aliphatic carbocycles. The number of anilines is 1. The average Bonchev–Trinajstić information content (AvgIpc) is 3.27. The lowest BCUT2D eigenvalue weighted by Crippen LogP contribution is -2.09. The first kappa shape index (κ1) is 20.2. The lowest BCUT2D eigenvalue weighted by molar-refractivity contribution is 0.0601. The first-order chi connectivity index (χ1) is 14.4. The van der Waals surface area contributed by atoms with E-state index in [4.69, 9.17) is 21.4 Å². The Kier molecular flexibility index (Phi) is 5.39. The number of benzene rings is 2. The van der Waals surface area contributed by atoms with Crippen molar-refractivity contribution in [1.29, 1.82) is 0 Å². The molecule has 0 spiro atoms. The second-order valence-corrected chi connectivity index (χ2v) is 8.14. The maximum absolute atomic E-state index is 11.9. The Balaban J connectivity index is 1.83. The van der Waals surface area contributed by atoms with Crippen LogP contribution in [0.5, 0.6) is 0 Å². The number of fused-ring (bicyclic) bond motifs is 2. The number of rotatable bonds is 6. The van der Waals surface area contributed by atoms with Crippen molar-refractivity contribution in [3.8, 4) is 0 Å². The highest BCUT2D eigenvalue weighted by Gasteiger charge is 2.17. The fourth-order valence-electron chi connectivity index (χ4n) is 3.78. The number of methoxy groups -OCH3 is 1. The second-order valence-electron chi connectivity index (χ2n) is 7.70. The van der Waals surface area contributed by atoms with Gasteiger partial charge in [0, 0.05) is 35.0 Å². The van der Waals surface area contributed by atoms with Gasteiger partial charge in [0.15, 0.2) is 5.82 Å². The lowest BCUT2D eigenvalue weighted by Gasteiger charge is -2.12. The van der Waals surface area contributed by atoms with E-state index in [1.165, 1.54) is 7.11 Å². The fraction of sp³-hybridized carbons (Fsp3) is 0.318. The quantitative estimate of drug-likeness (QED) is 0.458. The summed E-state index contributed by atoms with van der Waals surface area (Å²) in [5, 5.41) is 14.9. The maximum atomic E-state index is 11.9. The van der Waals surface area contributed by atoms with E-state index >= 15 is 0 Å². The van der Waals surface area contributed by atoms with Gasteiger partial charge in [-0.15, -0.1) is 0 Å². The number of nitrogens with one attached hydrogen (secondary N) is 1. The Morgan fingerprint density at radius 3 is 2.73 bits per heavy atom. The molecule has 0 atom stereocenters. The van der Waals surface area contributed by atoms with Gasteiger partial charge in [0.1, 0.15) is 0 Å². The smallest absolute Gasteiger partial charge is 0.337 e. The van der Waals surface area contributed by atoms with Crippen molar-refractivity contribution in [2.75, 3.05) is 19.5 Å². The molecule has 2 heterocycles. The number of halogens is 1. The van der Waals surface area contributed by atoms with Gasteiger partial charge in [-0.2, -0.15) is 10.2 Å². The van der Waals surface area contributed by atoms with Crippen LogP contribution >= 0.6 is 11.6 Å². The lowest BCUT2D eigenvalue weighted by atomic mass is 10.1. The molecule has 0 aliphatic rings. The zero-order valence-corrected chi connectivity index (χ0v) is 18.2. The second kappa shape index (κ2) is 7.99. The molecule has 0 radical (unpaired) electrons. The van der Waals surface area contributed by atoms with E-state index < -0.39 is 0 Å². The van der Waals surface area contributed by atoms with Gasteiger partial charge in [0.25, 0.3) is 0 Å². The molecule has 156 valence electrons. The van der Waals surface area contributed by atoms with Gasteiger partial charge >= 0.3 is 5.97 Å². The number of hydrogen-bond donors (Lipinski definition) is 1. The third-order valence-corrected chi connectivity index (χ3v) is 5.26. The van der Waals surface area contributed by atoms with Crippen LogP contribution in [0.1, 0.15) is 29.8 Å². The van der Waals surface area contributed by atoms with Gasteiger partial charge in [-0.05, 0) is 36.2 Å². The number of carbonyl (C=O) groups is 1. The first-order valence-electron chi connectivity index (χ1n) is 9.81. The van der Waals surface area contributed by atoms with Crippen molar-refractivity contribution < 1.29 is 9.53 Å². The topological polar surface area (TPSA) is 74.0 Å². The Labute approximate surface area is 179 Å². The summed E-state index contributed by atoms with van der Waals surface area (Å²) in [7, 11) is 3.19. The molecule has 30 heavy (non-hydrogen) atoms. The van der Waals surface area contributed by atoms with E-state index in [-0.39, 0.29) is 5.97 Å². The SMILES string of the molecule is CNc1nn(Cc2cc(Cl)cc3cnn(CC(C)C)c23)c2ccc(C(=O)OC)cc12. The van der Waals surface area contributed by atoms with Gasteiger partial charge in [0.2, 0.25) is 0 Å². The normalized spacial score (nSPS) is 11.5. The minimum Gasteiger partial charge on any atom is -0.465 e. The molecule has 1 N–H and O–H groups in total. The highest BCUT2D eigenvalue weighted by molar-refractivity contribution is 6.31. The monoisotopic (exact) mass is 425 g/mol. The highest BCUT2D eigenvalue weighted by Crippen LogP contribution is 2.29. The molecule has 0 amide bonds. The summed E-state index contributed by atoms with van der Waals surface area (Å²) in [4.78, 5) is 11.9. The third-order valence-electron chi connectivity index (χ3n) is 5.04. The van der Waals surface area contributed by atoms with Crippen LogP contribution in [0, 0.1) is 5.92 Å². The number of aromatic nitrogens is 4. The van der Waals surface area contributed by atoms with E-state index in [9.17, 15) is 4.79 Å². The van der Waals surface area contributed by atoms with Crippen LogP contribution in [0.4, 0.5) is 5.82 Å². The molecule has 4 rings (SSSR count). The number of nitrogens with zero attached hydrogens (tertiary/aromatic N) is 4. The van der Waals surface area contributed by atoms with Gasteiger partial charge < -0.3 is 10.1 Å². The van der Waals surface area contributed by atoms with Gasteiger partial charge in [-0.1, -0.05) is 25.4 Å². The molecule has 2 aromatic heterocycles. The minimum atomic E-state index is -0.374. The Morgan fingerprint density at radius 1 is 1.23 bits per heavy atom. The third kappa shape index (κ3) is 3.61. The predicted octanol–water partition coefficient (Wildman–Crippen LogP) is 4.57. The molecule has 0 bridgehead atoms. The number of esters is 1. The van der Waals surface area contributed by atoms with Crippen LogP contribution in [0.3, 0.4) is 0 Å². The molecule has 0 saturated carbocycles. The Morgan fingerprint density at radius 2 is 2.03 bits per heavy atom. The number of carbonyl (C=O) groups excluding carboxylic acids is 1. The summed E-state index contributed by atoms with van der Waals surface area (Å²) < 4.78 is 8.80. The maximum Gasteiger partial charge on any atom is 0.337 e. The standard InChI is InChI=1S/C22H24ClN5O2/c1-13(2)11-28-20-15(10-25-28)7-17(23)8-16(20)12-27-19-6-5-14(22(29)30-4)9-18(19)21(24-3)26-27/h5-10,13H,11-12H2,1-4H3,(H,24,26). The molecular formula is C22H24ClN5O2. The average molecular weight is 426 g/mol. The van der Waals surface area contributed by atoms with Gasteiger partial charge in [0.05, 0.1) is 36.4 Å². The highest BCUT2D eigenvalue weighted by atomic mass is 35.5. The minimum absolute atomic E-state index is 0.374. The largest absolute Gasteiger partial charge is 0.465 e. The summed E-state index contributed by atoms with van der Waals surface area (Å²) in [5.74, 6) is 0.792. The Bertz CT molecular complexity index is 1240.